The fourth-order valence-electron chi connectivity index (χ4n) is 2.49. The van der Waals surface area contributed by atoms with Crippen LogP contribution in [0.1, 0.15) is 11.5 Å². The van der Waals surface area contributed by atoms with Gasteiger partial charge in [-0.05, 0) is 36.8 Å². The monoisotopic (exact) mass is 352 g/mol. The third-order valence-corrected chi connectivity index (χ3v) is 4.60. The highest BCUT2D eigenvalue weighted by Crippen LogP contribution is 2.25. The first-order valence-electron chi connectivity index (χ1n) is 7.77. The maximum absolute atomic E-state index is 5.34. The molecule has 0 radical (unpaired) electrons. The van der Waals surface area contributed by atoms with Crippen molar-refractivity contribution < 1.29 is 9.26 Å². The SMILES string of the molecule is COc1cccc(-c2noc(CSc3nc4ccc(C)cc4[nH]3)n2)c1. The normalized spacial score (nSPS) is 11.1. The maximum atomic E-state index is 5.34. The van der Waals surface area contributed by atoms with Crippen molar-refractivity contribution >= 4 is 22.8 Å². The zero-order valence-corrected chi connectivity index (χ0v) is 14.6. The summed E-state index contributed by atoms with van der Waals surface area (Å²) >= 11 is 1.53. The molecule has 25 heavy (non-hydrogen) atoms. The van der Waals surface area contributed by atoms with E-state index >= 15 is 0 Å². The lowest BCUT2D eigenvalue weighted by Crippen LogP contribution is -1.86. The number of aromatic amines is 1. The number of hydrogen-bond donors (Lipinski definition) is 1. The summed E-state index contributed by atoms with van der Waals surface area (Å²) in [6, 6.07) is 13.7. The number of aryl methyl sites for hydroxylation is 1. The van der Waals surface area contributed by atoms with Gasteiger partial charge in [0.2, 0.25) is 11.7 Å². The van der Waals surface area contributed by atoms with E-state index in [-0.39, 0.29) is 0 Å². The van der Waals surface area contributed by atoms with Crippen LogP contribution in [-0.4, -0.2) is 27.2 Å². The summed E-state index contributed by atoms with van der Waals surface area (Å²) in [7, 11) is 1.63. The number of hydrogen-bond acceptors (Lipinski definition) is 6. The summed E-state index contributed by atoms with van der Waals surface area (Å²) < 4.78 is 10.6. The smallest absolute Gasteiger partial charge is 0.237 e. The number of imidazole rings is 1. The lowest BCUT2D eigenvalue weighted by atomic mass is 10.2. The number of nitrogens with zero attached hydrogens (tertiary/aromatic N) is 3. The van der Waals surface area contributed by atoms with E-state index in [1.807, 2.05) is 30.3 Å². The molecule has 0 atom stereocenters. The molecule has 0 unspecified atom stereocenters. The van der Waals surface area contributed by atoms with Gasteiger partial charge in [-0.2, -0.15) is 4.98 Å². The van der Waals surface area contributed by atoms with Crippen molar-refractivity contribution in [1.82, 2.24) is 20.1 Å². The molecule has 4 rings (SSSR count). The molecule has 126 valence electrons. The molecule has 0 amide bonds. The second kappa shape index (κ2) is 6.60. The minimum absolute atomic E-state index is 0.551. The molecule has 1 N–H and O–H groups in total. The Morgan fingerprint density at radius 1 is 1.16 bits per heavy atom. The van der Waals surface area contributed by atoms with Gasteiger partial charge >= 0.3 is 0 Å². The van der Waals surface area contributed by atoms with E-state index in [4.69, 9.17) is 9.26 Å². The first-order valence-corrected chi connectivity index (χ1v) is 8.76. The van der Waals surface area contributed by atoms with Crippen LogP contribution >= 0.6 is 11.8 Å². The summed E-state index contributed by atoms with van der Waals surface area (Å²) in [6.07, 6.45) is 0. The van der Waals surface area contributed by atoms with Crippen LogP contribution in [0.2, 0.25) is 0 Å². The van der Waals surface area contributed by atoms with Crippen LogP contribution in [-0.2, 0) is 5.75 Å². The molecule has 0 saturated heterocycles. The summed E-state index contributed by atoms with van der Waals surface area (Å²) in [4.78, 5) is 12.3. The summed E-state index contributed by atoms with van der Waals surface area (Å²) in [5, 5.41) is 4.88. The second-order valence-electron chi connectivity index (χ2n) is 5.59. The van der Waals surface area contributed by atoms with Gasteiger partial charge in [0.15, 0.2) is 5.16 Å². The van der Waals surface area contributed by atoms with Crippen molar-refractivity contribution in [3.8, 4) is 17.1 Å². The van der Waals surface area contributed by atoms with E-state index in [1.54, 1.807) is 7.11 Å². The van der Waals surface area contributed by atoms with Crippen LogP contribution in [0.25, 0.3) is 22.4 Å². The van der Waals surface area contributed by atoms with Crippen LogP contribution in [0.5, 0.6) is 5.75 Å². The summed E-state index contributed by atoms with van der Waals surface area (Å²) in [6.45, 7) is 2.06. The predicted octanol–water partition coefficient (Wildman–Crippen LogP) is 4.22. The second-order valence-corrected chi connectivity index (χ2v) is 6.56. The molecule has 7 heteroatoms. The summed E-state index contributed by atoms with van der Waals surface area (Å²) in [5.41, 5.74) is 4.05. The van der Waals surface area contributed by atoms with E-state index in [0.29, 0.717) is 17.5 Å². The topological polar surface area (TPSA) is 76.8 Å². The number of nitrogens with one attached hydrogen (secondary N) is 1. The molecule has 0 aliphatic heterocycles. The Morgan fingerprint density at radius 2 is 2.08 bits per heavy atom. The largest absolute Gasteiger partial charge is 0.497 e. The van der Waals surface area contributed by atoms with Gasteiger partial charge in [-0.15, -0.1) is 0 Å². The van der Waals surface area contributed by atoms with E-state index in [0.717, 1.165) is 27.5 Å². The maximum Gasteiger partial charge on any atom is 0.237 e. The van der Waals surface area contributed by atoms with Gasteiger partial charge in [0.1, 0.15) is 5.75 Å². The quantitative estimate of drug-likeness (QED) is 0.542. The first kappa shape index (κ1) is 15.7. The Kier molecular flexibility index (Phi) is 4.15. The van der Waals surface area contributed by atoms with Crippen molar-refractivity contribution in [3.05, 3.63) is 53.9 Å². The number of benzene rings is 2. The number of fused-ring (bicyclic) bond motifs is 1. The van der Waals surface area contributed by atoms with E-state index in [1.165, 1.54) is 17.3 Å². The number of ether oxygens (including phenoxy) is 1. The molecule has 0 aliphatic rings. The number of thioether (sulfide) groups is 1. The Labute approximate surface area is 148 Å². The molecule has 2 aromatic heterocycles. The van der Waals surface area contributed by atoms with Gasteiger partial charge in [-0.1, -0.05) is 35.1 Å². The Bertz CT molecular complexity index is 1020. The van der Waals surface area contributed by atoms with Gasteiger partial charge in [-0.25, -0.2) is 4.98 Å². The molecule has 0 aliphatic carbocycles. The molecular weight excluding hydrogens is 336 g/mol. The van der Waals surface area contributed by atoms with E-state index in [9.17, 15) is 0 Å². The third-order valence-electron chi connectivity index (χ3n) is 3.74. The molecule has 2 aromatic carbocycles. The van der Waals surface area contributed by atoms with Crippen LogP contribution in [0.4, 0.5) is 0 Å². The predicted molar refractivity (Wildman–Crippen MR) is 96.7 cm³/mol. The molecule has 0 fully saturated rings. The van der Waals surface area contributed by atoms with Gasteiger partial charge in [0, 0.05) is 5.56 Å². The number of H-pyrrole nitrogens is 1. The minimum Gasteiger partial charge on any atom is -0.497 e. The molecule has 6 nitrogen and oxygen atoms in total. The minimum atomic E-state index is 0.551. The molecule has 0 saturated carbocycles. The number of aromatic nitrogens is 4. The van der Waals surface area contributed by atoms with Crippen LogP contribution in [0.3, 0.4) is 0 Å². The molecule has 2 heterocycles. The molecule has 4 aromatic rings. The Hall–Kier alpha value is -2.80. The fourth-order valence-corrected chi connectivity index (χ4v) is 3.21. The summed E-state index contributed by atoms with van der Waals surface area (Å²) in [5.74, 6) is 2.42. The van der Waals surface area contributed by atoms with E-state index < -0.39 is 0 Å². The van der Waals surface area contributed by atoms with Crippen molar-refractivity contribution in [2.75, 3.05) is 7.11 Å². The molecular formula is C18H16N4O2S. The fraction of sp³-hybridized carbons (Fsp3) is 0.167. The van der Waals surface area contributed by atoms with Crippen LogP contribution in [0, 0.1) is 6.92 Å². The Balaban J connectivity index is 1.48. The standard InChI is InChI=1S/C18H16N4O2S/c1-11-6-7-14-15(8-11)20-18(19-14)25-10-16-21-17(22-24-16)12-4-3-5-13(9-12)23-2/h3-9H,10H2,1-2H3,(H,19,20). The average molecular weight is 352 g/mol. The average Bonchev–Trinajstić information content (AvgIpc) is 3.26. The number of rotatable bonds is 5. The van der Waals surface area contributed by atoms with Gasteiger partial charge in [-0.3, -0.25) is 0 Å². The van der Waals surface area contributed by atoms with Crippen molar-refractivity contribution in [2.45, 2.75) is 17.8 Å². The molecule has 0 bridgehead atoms. The van der Waals surface area contributed by atoms with Gasteiger partial charge < -0.3 is 14.2 Å². The lowest BCUT2D eigenvalue weighted by Gasteiger charge is -1.99. The van der Waals surface area contributed by atoms with E-state index in [2.05, 4.69) is 39.2 Å². The first-order chi connectivity index (χ1) is 12.2. The highest BCUT2D eigenvalue weighted by atomic mass is 32.2. The van der Waals surface area contributed by atoms with Crippen LogP contribution < -0.4 is 4.74 Å². The highest BCUT2D eigenvalue weighted by Gasteiger charge is 2.11. The van der Waals surface area contributed by atoms with Gasteiger partial charge in [0.05, 0.1) is 23.9 Å². The lowest BCUT2D eigenvalue weighted by molar-refractivity contribution is 0.391. The van der Waals surface area contributed by atoms with Gasteiger partial charge in [0.25, 0.3) is 0 Å². The molecule has 0 spiro atoms. The zero-order valence-electron chi connectivity index (χ0n) is 13.8. The third kappa shape index (κ3) is 3.36. The van der Waals surface area contributed by atoms with Crippen molar-refractivity contribution in [1.29, 1.82) is 0 Å². The number of methoxy groups -OCH3 is 1. The van der Waals surface area contributed by atoms with Crippen LogP contribution in [0.15, 0.2) is 52.1 Å². The van der Waals surface area contributed by atoms with Crippen molar-refractivity contribution in [2.24, 2.45) is 0 Å². The zero-order chi connectivity index (χ0) is 17.2. The highest BCUT2D eigenvalue weighted by molar-refractivity contribution is 7.98. The van der Waals surface area contributed by atoms with Crippen molar-refractivity contribution in [3.63, 3.8) is 0 Å². The Morgan fingerprint density at radius 3 is 2.96 bits per heavy atom.